The molecule has 2 fully saturated rings. The first-order chi connectivity index (χ1) is 20.8. The molecule has 0 radical (unpaired) electrons. The van der Waals surface area contributed by atoms with Crippen LogP contribution in [0.5, 0.6) is 5.75 Å². The van der Waals surface area contributed by atoms with Crippen LogP contribution in [0.15, 0.2) is 76.1 Å². The Labute approximate surface area is 258 Å². The molecule has 2 heterocycles. The number of rotatable bonds is 12. The van der Waals surface area contributed by atoms with E-state index in [0.29, 0.717) is 5.75 Å². The number of nitrogens with two attached hydrogens (primary N) is 1. The van der Waals surface area contributed by atoms with Crippen molar-refractivity contribution in [1.82, 2.24) is 14.6 Å². The van der Waals surface area contributed by atoms with E-state index in [1.54, 1.807) is 24.3 Å². The first kappa shape index (κ1) is 31.5. The number of benzene rings is 2. The van der Waals surface area contributed by atoms with Crippen LogP contribution in [0.4, 0.5) is 5.82 Å². The molecule has 0 spiro atoms. The molecule has 1 aromatic heterocycles. The summed E-state index contributed by atoms with van der Waals surface area (Å²) >= 11 is 3.39. The summed E-state index contributed by atoms with van der Waals surface area (Å²) in [5.74, 6) is -0.0673. The number of hydrogen-bond donors (Lipinski definition) is 3. The van der Waals surface area contributed by atoms with Crippen LogP contribution < -0.4 is 21.0 Å². The Bertz CT molecular complexity index is 1410. The number of carbonyl (C=O) groups excluding carboxylic acids is 1. The zero-order chi connectivity index (χ0) is 30.2. The normalized spacial score (nSPS) is 20.4. The third kappa shape index (κ3) is 9.05. The molecule has 2 aromatic carbocycles. The van der Waals surface area contributed by atoms with Crippen LogP contribution in [0.1, 0.15) is 43.9 Å². The molecule has 1 saturated heterocycles. The van der Waals surface area contributed by atoms with Crippen molar-refractivity contribution >= 4 is 35.8 Å². The minimum atomic E-state index is -4.36. The molecule has 5 rings (SSSR count). The third-order valence-corrected chi connectivity index (χ3v) is 9.45. The second-order valence-electron chi connectivity index (χ2n) is 10.4. The Morgan fingerprint density at radius 2 is 1.88 bits per heavy atom. The molecule has 14 heteroatoms. The summed E-state index contributed by atoms with van der Waals surface area (Å²) in [4.78, 5) is 41.3. The zero-order valence-corrected chi connectivity index (χ0v) is 26.1. The van der Waals surface area contributed by atoms with E-state index >= 15 is 0 Å². The van der Waals surface area contributed by atoms with Crippen LogP contribution in [-0.4, -0.2) is 52.1 Å². The van der Waals surface area contributed by atoms with Crippen molar-refractivity contribution in [3.05, 3.63) is 87.4 Å². The van der Waals surface area contributed by atoms with Gasteiger partial charge in [-0.2, -0.15) is 0 Å². The van der Waals surface area contributed by atoms with Gasteiger partial charge in [0.15, 0.2) is 0 Å². The molecule has 0 amide bonds. The molecule has 43 heavy (non-hydrogen) atoms. The molecule has 0 bridgehead atoms. The van der Waals surface area contributed by atoms with Gasteiger partial charge in [0.25, 0.3) is 0 Å². The van der Waals surface area contributed by atoms with Gasteiger partial charge in [0, 0.05) is 0 Å². The quantitative estimate of drug-likeness (QED) is 0.188. The van der Waals surface area contributed by atoms with E-state index in [2.05, 4.69) is 26.0 Å². The Morgan fingerprint density at radius 1 is 1.14 bits per heavy atom. The molecule has 4 N–H and O–H groups in total. The number of nitrogens with one attached hydrogen (secondary N) is 1. The SMILES string of the molecule is Nc1ccn([C@@H]2CO[C@H](CO[PH](O)(N[C@@H](Cc3ccccc3)C(=O)OC3CCCCC3)Oc3ccc(Br)cc3)O2)c(=O)n1. The number of nitrogens with zero attached hydrogens (tertiary/aromatic N) is 2. The van der Waals surface area contributed by atoms with Gasteiger partial charge in [-0.1, -0.05) is 0 Å². The van der Waals surface area contributed by atoms with Gasteiger partial charge in [0.2, 0.25) is 0 Å². The molecule has 12 nitrogen and oxygen atoms in total. The predicted molar refractivity (Wildman–Crippen MR) is 164 cm³/mol. The van der Waals surface area contributed by atoms with E-state index in [1.807, 2.05) is 30.3 Å². The summed E-state index contributed by atoms with van der Waals surface area (Å²) in [6, 6.07) is 16.8. The maximum atomic E-state index is 13.5. The van der Waals surface area contributed by atoms with Crippen molar-refractivity contribution in [1.29, 1.82) is 0 Å². The van der Waals surface area contributed by atoms with Crippen molar-refractivity contribution in [2.45, 2.75) is 63.2 Å². The second-order valence-corrected chi connectivity index (χ2v) is 13.3. The van der Waals surface area contributed by atoms with Crippen molar-refractivity contribution < 1.29 is 32.9 Å². The summed E-state index contributed by atoms with van der Waals surface area (Å²) in [7, 11) is -4.36. The minimum absolute atomic E-state index is 0.0465. The van der Waals surface area contributed by atoms with Gasteiger partial charge in [-0.15, -0.1) is 0 Å². The van der Waals surface area contributed by atoms with Crippen molar-refractivity contribution in [2.75, 3.05) is 18.9 Å². The molecule has 232 valence electrons. The average Bonchev–Trinajstić information content (AvgIpc) is 3.47. The van der Waals surface area contributed by atoms with Gasteiger partial charge < -0.3 is 0 Å². The van der Waals surface area contributed by atoms with Gasteiger partial charge in [0.1, 0.15) is 0 Å². The molecule has 1 aliphatic carbocycles. The topological polar surface area (TPSA) is 156 Å². The number of hydrogen-bond acceptors (Lipinski definition) is 11. The molecule has 0 unspecified atom stereocenters. The number of aromatic nitrogens is 2. The Morgan fingerprint density at radius 3 is 2.60 bits per heavy atom. The molecular weight excluding hydrogens is 643 g/mol. The van der Waals surface area contributed by atoms with Gasteiger partial charge >= 0.3 is 259 Å². The number of ether oxygens (including phenoxy) is 3. The predicted octanol–water partition coefficient (Wildman–Crippen LogP) is 4.03. The van der Waals surface area contributed by atoms with E-state index in [0.717, 1.165) is 42.1 Å². The van der Waals surface area contributed by atoms with E-state index < -0.39 is 38.3 Å². The fraction of sp³-hybridized carbons (Fsp3) is 0.414. The van der Waals surface area contributed by atoms with Gasteiger partial charge in [-0.3, -0.25) is 0 Å². The summed E-state index contributed by atoms with van der Waals surface area (Å²) in [5.41, 5.74) is 5.87. The number of anilines is 1. The van der Waals surface area contributed by atoms with Gasteiger partial charge in [-0.25, -0.2) is 0 Å². The van der Waals surface area contributed by atoms with Crippen LogP contribution in [-0.2, 0) is 29.9 Å². The van der Waals surface area contributed by atoms with Crippen molar-refractivity contribution in [2.24, 2.45) is 0 Å². The molecule has 3 atom stereocenters. The fourth-order valence-corrected chi connectivity index (χ4v) is 6.90. The molecule has 1 aliphatic heterocycles. The van der Waals surface area contributed by atoms with Gasteiger partial charge in [-0.05, 0) is 0 Å². The second kappa shape index (κ2) is 14.7. The summed E-state index contributed by atoms with van der Waals surface area (Å²) in [6.07, 6.45) is 4.57. The van der Waals surface area contributed by atoms with Crippen LogP contribution >= 0.6 is 24.0 Å². The zero-order valence-electron chi connectivity index (χ0n) is 23.5. The standard InChI is InChI=1S/C29H36BrN4O8P/c30-21-11-13-23(14-12-21)42-43(37,39-19-27-38-18-26(41-27)34-16-15-25(31)32-29(34)36)33-24(17-20-7-3-1-4-8-20)28(35)40-22-9-5-2-6-10-22/h1,3-4,7-8,11-16,22,24,26-27,33,37,43H,2,5-6,9-10,17-19H2,(H2,31,32,36)/t24-,26-,27-/m0/s1. The molecule has 1 saturated carbocycles. The van der Waals surface area contributed by atoms with Crippen LogP contribution in [0.2, 0.25) is 0 Å². The first-order valence-corrected chi connectivity index (χ1v) is 16.8. The number of halogens is 1. The van der Waals surface area contributed by atoms with Crippen LogP contribution in [0.3, 0.4) is 0 Å². The van der Waals surface area contributed by atoms with Crippen molar-refractivity contribution in [3.8, 4) is 5.75 Å². The molecular formula is C29H36BrN4O8P. The summed E-state index contributed by atoms with van der Waals surface area (Å²) < 4.78 is 31.5. The first-order valence-electron chi connectivity index (χ1n) is 14.2. The number of esters is 1. The number of carbonyl (C=O) groups is 1. The van der Waals surface area contributed by atoms with Gasteiger partial charge in [0.05, 0.1) is 0 Å². The average molecular weight is 680 g/mol. The Kier molecular flexibility index (Phi) is 10.8. The number of nitrogen functional groups attached to an aromatic ring is 1. The summed E-state index contributed by atoms with van der Waals surface area (Å²) in [5, 5.41) is 2.99. The summed E-state index contributed by atoms with van der Waals surface area (Å²) in [6.45, 7) is -0.208. The van der Waals surface area contributed by atoms with E-state index in [-0.39, 0.29) is 31.6 Å². The fourth-order valence-electron chi connectivity index (χ4n) is 4.96. The maximum absolute atomic E-state index is 13.5. The van der Waals surface area contributed by atoms with E-state index in [9.17, 15) is 14.5 Å². The molecule has 3 aromatic rings. The Hall–Kier alpha value is -2.90. The van der Waals surface area contributed by atoms with E-state index in [1.165, 1.54) is 16.8 Å². The third-order valence-electron chi connectivity index (χ3n) is 7.14. The Balaban J connectivity index is 1.32. The molecule has 2 aliphatic rings. The van der Waals surface area contributed by atoms with Crippen LogP contribution in [0, 0.1) is 0 Å². The van der Waals surface area contributed by atoms with Crippen LogP contribution in [0.25, 0.3) is 0 Å². The van der Waals surface area contributed by atoms with E-state index in [4.69, 9.17) is 29.0 Å². The monoisotopic (exact) mass is 678 g/mol. The van der Waals surface area contributed by atoms with Crippen molar-refractivity contribution in [3.63, 3.8) is 0 Å².